The number of piperidine rings is 1. The lowest BCUT2D eigenvalue weighted by atomic mass is 9.86. The summed E-state index contributed by atoms with van der Waals surface area (Å²) in [6, 6.07) is -0.105. The molecular formula is C22H26N10O3. The number of carbonyl (C=O) groups is 2. The average molecular weight is 479 g/mol. The van der Waals surface area contributed by atoms with Crippen molar-refractivity contribution >= 4 is 23.2 Å². The zero-order chi connectivity index (χ0) is 24.7. The number of nitrogen functional groups attached to an aromatic ring is 1. The van der Waals surface area contributed by atoms with E-state index < -0.39 is 0 Å². The fraction of sp³-hybridized carbons (Fsp3) is 0.409. The highest BCUT2D eigenvalue weighted by atomic mass is 16.3. The van der Waals surface area contributed by atoms with Gasteiger partial charge in [0.2, 0.25) is 5.82 Å². The van der Waals surface area contributed by atoms with Crippen molar-refractivity contribution in [1.82, 2.24) is 44.5 Å². The molecular weight excluding hydrogens is 452 g/mol. The fourth-order valence-corrected chi connectivity index (χ4v) is 4.79. The molecule has 1 aliphatic heterocycles. The van der Waals surface area contributed by atoms with Gasteiger partial charge in [0.05, 0.1) is 36.8 Å². The van der Waals surface area contributed by atoms with E-state index in [1.165, 1.54) is 17.8 Å². The van der Waals surface area contributed by atoms with Crippen LogP contribution < -0.4 is 5.73 Å². The predicted molar refractivity (Wildman–Crippen MR) is 125 cm³/mol. The SMILES string of the molecule is CC(=O)c1c([C@@H]2CCN(C(=O)c3nnc[nH]3)[C@@H](C)C2)nc2c(-c3cnn(CCO)c3)cnn2c1N. The first-order valence-corrected chi connectivity index (χ1v) is 11.4. The number of anilines is 1. The number of nitrogens with one attached hydrogen (secondary N) is 1. The van der Waals surface area contributed by atoms with Crippen molar-refractivity contribution in [2.45, 2.75) is 45.2 Å². The largest absolute Gasteiger partial charge is 0.394 e. The Hall–Kier alpha value is -4.13. The second-order valence-corrected chi connectivity index (χ2v) is 8.73. The summed E-state index contributed by atoms with van der Waals surface area (Å²) >= 11 is 0. The number of Topliss-reactive ketones (excluding diaryl/α,β-unsaturated/α-hetero) is 1. The molecule has 5 heterocycles. The zero-order valence-electron chi connectivity index (χ0n) is 19.4. The van der Waals surface area contributed by atoms with Gasteiger partial charge in [-0.1, -0.05) is 0 Å². The van der Waals surface area contributed by atoms with Gasteiger partial charge in [0.25, 0.3) is 5.91 Å². The average Bonchev–Trinajstić information content (AvgIpc) is 3.59. The molecule has 13 nitrogen and oxygen atoms in total. The monoisotopic (exact) mass is 478 g/mol. The maximum atomic E-state index is 12.8. The summed E-state index contributed by atoms with van der Waals surface area (Å²) in [5.41, 5.74) is 9.45. The fourth-order valence-electron chi connectivity index (χ4n) is 4.79. The summed E-state index contributed by atoms with van der Waals surface area (Å²) in [4.78, 5) is 34.9. The van der Waals surface area contributed by atoms with E-state index in [0.717, 1.165) is 11.1 Å². The quantitative estimate of drug-likeness (QED) is 0.340. The molecule has 4 aromatic rings. The molecule has 0 aromatic carbocycles. The van der Waals surface area contributed by atoms with Crippen LogP contribution in [0.1, 0.15) is 59.3 Å². The van der Waals surface area contributed by atoms with Gasteiger partial charge in [-0.15, -0.1) is 10.2 Å². The molecule has 0 radical (unpaired) electrons. The van der Waals surface area contributed by atoms with E-state index in [1.807, 2.05) is 6.92 Å². The summed E-state index contributed by atoms with van der Waals surface area (Å²) in [5, 5.41) is 25.4. The molecule has 5 rings (SSSR count). The number of hydrogen-bond donors (Lipinski definition) is 3. The maximum Gasteiger partial charge on any atom is 0.291 e. The van der Waals surface area contributed by atoms with Gasteiger partial charge in [-0.2, -0.15) is 14.7 Å². The number of H-pyrrole nitrogens is 1. The van der Waals surface area contributed by atoms with Crippen molar-refractivity contribution in [3.63, 3.8) is 0 Å². The van der Waals surface area contributed by atoms with Gasteiger partial charge in [0.1, 0.15) is 12.1 Å². The number of aliphatic hydroxyl groups is 1. The molecule has 4 N–H and O–H groups in total. The van der Waals surface area contributed by atoms with E-state index in [1.54, 1.807) is 28.2 Å². The lowest BCUT2D eigenvalue weighted by molar-refractivity contribution is 0.0601. The number of fused-ring (bicyclic) bond motifs is 1. The molecule has 0 saturated carbocycles. The topological polar surface area (TPSA) is 173 Å². The molecule has 13 heteroatoms. The number of likely N-dealkylation sites (tertiary alicyclic amines) is 1. The maximum absolute atomic E-state index is 12.8. The van der Waals surface area contributed by atoms with Gasteiger partial charge in [0, 0.05) is 35.8 Å². The van der Waals surface area contributed by atoms with Crippen LogP contribution in [-0.4, -0.2) is 80.5 Å². The third-order valence-electron chi connectivity index (χ3n) is 6.48. The van der Waals surface area contributed by atoms with Crippen LogP contribution in [0.4, 0.5) is 5.82 Å². The molecule has 0 aliphatic carbocycles. The first-order chi connectivity index (χ1) is 16.9. The van der Waals surface area contributed by atoms with Crippen LogP contribution >= 0.6 is 0 Å². The van der Waals surface area contributed by atoms with Gasteiger partial charge >= 0.3 is 0 Å². The van der Waals surface area contributed by atoms with Crippen LogP contribution in [0.5, 0.6) is 0 Å². The van der Waals surface area contributed by atoms with Crippen molar-refractivity contribution in [1.29, 1.82) is 0 Å². The van der Waals surface area contributed by atoms with Crippen molar-refractivity contribution in [2.75, 3.05) is 18.9 Å². The number of aromatic nitrogens is 8. The van der Waals surface area contributed by atoms with Crippen molar-refractivity contribution in [2.24, 2.45) is 0 Å². The minimum atomic E-state index is -0.207. The number of carbonyl (C=O) groups excluding carboxylic acids is 2. The normalized spacial score (nSPS) is 18.3. The number of rotatable bonds is 6. The Bertz CT molecular complexity index is 1390. The van der Waals surface area contributed by atoms with E-state index in [2.05, 4.69) is 25.4 Å². The first kappa shape index (κ1) is 22.7. The number of nitrogens with two attached hydrogens (primary N) is 1. The number of aliphatic hydroxyl groups excluding tert-OH is 1. The Morgan fingerprint density at radius 1 is 1.29 bits per heavy atom. The molecule has 1 fully saturated rings. The molecule has 0 unspecified atom stereocenters. The van der Waals surface area contributed by atoms with Crippen molar-refractivity contribution in [3.05, 3.63) is 42.0 Å². The lowest BCUT2D eigenvalue weighted by Gasteiger charge is -2.37. The van der Waals surface area contributed by atoms with Gasteiger partial charge in [0.15, 0.2) is 11.4 Å². The van der Waals surface area contributed by atoms with Crippen LogP contribution in [-0.2, 0) is 6.54 Å². The highest BCUT2D eigenvalue weighted by Gasteiger charge is 2.34. The summed E-state index contributed by atoms with van der Waals surface area (Å²) in [6.45, 7) is 4.27. The summed E-state index contributed by atoms with van der Waals surface area (Å²) in [5.74, 6) is -0.0306. The predicted octanol–water partition coefficient (Wildman–Crippen LogP) is 0.896. The van der Waals surface area contributed by atoms with Crippen LogP contribution in [0.15, 0.2) is 24.9 Å². The van der Waals surface area contributed by atoms with Crippen molar-refractivity contribution < 1.29 is 14.7 Å². The molecule has 182 valence electrons. The first-order valence-electron chi connectivity index (χ1n) is 11.4. The number of hydrogen-bond acceptors (Lipinski definition) is 9. The van der Waals surface area contributed by atoms with Gasteiger partial charge < -0.3 is 20.7 Å². The molecule has 35 heavy (non-hydrogen) atoms. The van der Waals surface area contributed by atoms with E-state index in [-0.39, 0.29) is 41.9 Å². The highest BCUT2D eigenvalue weighted by molar-refractivity contribution is 6.00. The summed E-state index contributed by atoms with van der Waals surface area (Å²) in [7, 11) is 0. The van der Waals surface area contributed by atoms with Crippen LogP contribution in [0, 0.1) is 0 Å². The van der Waals surface area contributed by atoms with Crippen LogP contribution in [0.2, 0.25) is 0 Å². The van der Waals surface area contributed by atoms with E-state index in [0.29, 0.717) is 42.8 Å². The van der Waals surface area contributed by atoms with Crippen LogP contribution in [0.3, 0.4) is 0 Å². The Labute approximate surface area is 200 Å². The van der Waals surface area contributed by atoms with Gasteiger partial charge in [-0.05, 0) is 26.7 Å². The number of amides is 1. The smallest absolute Gasteiger partial charge is 0.291 e. The highest BCUT2D eigenvalue weighted by Crippen LogP contribution is 2.36. The van der Waals surface area contributed by atoms with E-state index in [4.69, 9.17) is 10.7 Å². The Kier molecular flexibility index (Phi) is 5.76. The Balaban J connectivity index is 1.52. The molecule has 1 saturated heterocycles. The van der Waals surface area contributed by atoms with E-state index in [9.17, 15) is 14.7 Å². The molecule has 2 atom stereocenters. The standard InChI is InChI=1S/C22H26N10O3/c1-12-7-14(3-4-31(12)22(35)20-24-11-25-29-20)18-17(13(2)34)19(23)32-21(28-18)16(9-27-32)15-8-26-30(10-15)5-6-33/h8-12,14,33H,3-7,23H2,1-2H3,(H,24,25,29)/t12-,14+/m0/s1. The van der Waals surface area contributed by atoms with Crippen LogP contribution in [0.25, 0.3) is 16.8 Å². The third kappa shape index (κ3) is 3.93. The van der Waals surface area contributed by atoms with Crippen molar-refractivity contribution in [3.8, 4) is 11.1 Å². The molecule has 0 bridgehead atoms. The third-order valence-corrected chi connectivity index (χ3v) is 6.48. The molecule has 1 amide bonds. The number of aromatic amines is 1. The Morgan fingerprint density at radius 2 is 2.11 bits per heavy atom. The molecule has 0 spiro atoms. The lowest BCUT2D eigenvalue weighted by Crippen LogP contribution is -2.44. The van der Waals surface area contributed by atoms with E-state index >= 15 is 0 Å². The van der Waals surface area contributed by atoms with Gasteiger partial charge in [-0.25, -0.2) is 4.98 Å². The second kappa shape index (κ2) is 8.91. The molecule has 1 aliphatic rings. The Morgan fingerprint density at radius 3 is 2.80 bits per heavy atom. The summed E-state index contributed by atoms with van der Waals surface area (Å²) < 4.78 is 3.11. The minimum absolute atomic E-state index is 0.0248. The molecule has 4 aromatic heterocycles. The summed E-state index contributed by atoms with van der Waals surface area (Å²) in [6.07, 6.45) is 7.74. The number of nitrogens with zero attached hydrogens (tertiary/aromatic N) is 8. The second-order valence-electron chi connectivity index (χ2n) is 8.73. The zero-order valence-corrected chi connectivity index (χ0v) is 19.4. The number of ketones is 1. The minimum Gasteiger partial charge on any atom is -0.394 e. The van der Waals surface area contributed by atoms with Gasteiger partial charge in [-0.3, -0.25) is 14.3 Å².